The van der Waals surface area contributed by atoms with Gasteiger partial charge in [-0.1, -0.05) is 64.2 Å². The second kappa shape index (κ2) is 18.4. The normalized spacial score (nSPS) is 10.6. The maximum atomic E-state index is 12.0. The van der Waals surface area contributed by atoms with Crippen molar-refractivity contribution in [1.82, 2.24) is 4.90 Å². The van der Waals surface area contributed by atoms with Gasteiger partial charge in [-0.05, 0) is 12.8 Å². The number of carbonyl (C=O) groups excluding carboxylic acids is 2. The SMILES string of the molecule is O=CCCN(CC(=O)O)C(=O)CCCCCCCCCCCCCCC(=O)O. The molecule has 0 radical (unpaired) electrons. The molecule has 28 heavy (non-hydrogen) atoms. The number of rotatable bonds is 20. The molecule has 7 heteroatoms. The summed E-state index contributed by atoms with van der Waals surface area (Å²) >= 11 is 0. The van der Waals surface area contributed by atoms with Crippen LogP contribution >= 0.6 is 0 Å². The summed E-state index contributed by atoms with van der Waals surface area (Å²) in [6.45, 7) is -0.166. The molecule has 0 aliphatic heterocycles. The molecule has 0 saturated heterocycles. The first-order valence-electron chi connectivity index (χ1n) is 10.6. The highest BCUT2D eigenvalue weighted by Gasteiger charge is 2.15. The monoisotopic (exact) mass is 399 g/mol. The molecule has 1 amide bonds. The molecular formula is C21H37NO6. The van der Waals surface area contributed by atoms with E-state index in [2.05, 4.69) is 0 Å². The number of aldehydes is 1. The minimum atomic E-state index is -1.06. The summed E-state index contributed by atoms with van der Waals surface area (Å²) in [5, 5.41) is 17.4. The zero-order chi connectivity index (χ0) is 21.0. The highest BCUT2D eigenvalue weighted by molar-refractivity contribution is 5.81. The van der Waals surface area contributed by atoms with Crippen molar-refractivity contribution in [2.24, 2.45) is 0 Å². The summed E-state index contributed by atoms with van der Waals surface area (Å²) in [5.74, 6) is -1.95. The van der Waals surface area contributed by atoms with Crippen molar-refractivity contribution in [1.29, 1.82) is 0 Å². The Morgan fingerprint density at radius 2 is 1.07 bits per heavy atom. The van der Waals surface area contributed by atoms with E-state index >= 15 is 0 Å². The number of nitrogens with zero attached hydrogens (tertiary/aromatic N) is 1. The summed E-state index contributed by atoms with van der Waals surface area (Å²) in [6.07, 6.45) is 14.4. The molecule has 0 fully saturated rings. The van der Waals surface area contributed by atoms with Gasteiger partial charge in [-0.2, -0.15) is 0 Å². The van der Waals surface area contributed by atoms with Crippen molar-refractivity contribution in [3.8, 4) is 0 Å². The smallest absolute Gasteiger partial charge is 0.323 e. The van der Waals surface area contributed by atoms with E-state index in [1.807, 2.05) is 0 Å². The quantitative estimate of drug-likeness (QED) is 0.236. The minimum Gasteiger partial charge on any atom is -0.481 e. The third-order valence-electron chi connectivity index (χ3n) is 4.73. The van der Waals surface area contributed by atoms with Gasteiger partial charge in [0.05, 0.1) is 0 Å². The number of unbranched alkanes of at least 4 members (excludes halogenated alkanes) is 11. The van der Waals surface area contributed by atoms with Gasteiger partial charge in [-0.3, -0.25) is 14.4 Å². The minimum absolute atomic E-state index is 0.168. The van der Waals surface area contributed by atoms with Gasteiger partial charge in [0.1, 0.15) is 12.8 Å². The molecule has 0 unspecified atom stereocenters. The molecule has 0 aromatic heterocycles. The third-order valence-corrected chi connectivity index (χ3v) is 4.73. The molecule has 0 aromatic rings. The lowest BCUT2D eigenvalue weighted by atomic mass is 10.0. The largest absolute Gasteiger partial charge is 0.481 e. The van der Waals surface area contributed by atoms with Crippen LogP contribution in [0.1, 0.15) is 96.3 Å². The van der Waals surface area contributed by atoms with Crippen molar-refractivity contribution in [3.63, 3.8) is 0 Å². The predicted octanol–water partition coefficient (Wildman–Crippen LogP) is 4.03. The second-order valence-corrected chi connectivity index (χ2v) is 7.30. The lowest BCUT2D eigenvalue weighted by Crippen LogP contribution is -2.36. The van der Waals surface area contributed by atoms with E-state index in [1.165, 1.54) is 37.0 Å². The Morgan fingerprint density at radius 3 is 1.46 bits per heavy atom. The molecular weight excluding hydrogens is 362 g/mol. The average Bonchev–Trinajstić information content (AvgIpc) is 2.64. The number of carboxylic acid groups (broad SMARTS) is 2. The molecule has 0 bridgehead atoms. The fourth-order valence-electron chi connectivity index (χ4n) is 3.14. The van der Waals surface area contributed by atoms with Crippen LogP contribution in [-0.4, -0.2) is 52.3 Å². The molecule has 0 aliphatic carbocycles. The first-order chi connectivity index (χ1) is 13.5. The topological polar surface area (TPSA) is 112 Å². The maximum Gasteiger partial charge on any atom is 0.323 e. The van der Waals surface area contributed by atoms with Crippen molar-refractivity contribution in [2.75, 3.05) is 13.1 Å². The molecule has 162 valence electrons. The van der Waals surface area contributed by atoms with E-state index in [9.17, 15) is 19.2 Å². The Balaban J connectivity index is 3.50. The molecule has 7 nitrogen and oxygen atoms in total. The molecule has 0 heterocycles. The van der Waals surface area contributed by atoms with Gasteiger partial charge in [0.15, 0.2) is 0 Å². The molecule has 0 saturated carbocycles. The fourth-order valence-corrected chi connectivity index (χ4v) is 3.14. The van der Waals surface area contributed by atoms with Gasteiger partial charge in [0.2, 0.25) is 5.91 Å². The van der Waals surface area contributed by atoms with Gasteiger partial charge in [0.25, 0.3) is 0 Å². The molecule has 0 rings (SSSR count). The van der Waals surface area contributed by atoms with Gasteiger partial charge in [-0.25, -0.2) is 0 Å². The number of carbonyl (C=O) groups is 4. The Kier molecular flexibility index (Phi) is 17.2. The van der Waals surface area contributed by atoms with Gasteiger partial charge in [-0.15, -0.1) is 0 Å². The zero-order valence-corrected chi connectivity index (χ0v) is 17.1. The Labute approximate surface area is 168 Å². The Morgan fingerprint density at radius 1 is 0.643 bits per heavy atom. The first-order valence-corrected chi connectivity index (χ1v) is 10.6. The summed E-state index contributed by atoms with van der Waals surface area (Å²) in [6, 6.07) is 0. The highest BCUT2D eigenvalue weighted by Crippen LogP contribution is 2.13. The average molecular weight is 400 g/mol. The van der Waals surface area contributed by atoms with Gasteiger partial charge >= 0.3 is 11.9 Å². The molecule has 0 aromatic carbocycles. The number of hydrogen-bond donors (Lipinski definition) is 2. The van der Waals surface area contributed by atoms with Crippen LogP contribution in [0.2, 0.25) is 0 Å². The molecule has 0 spiro atoms. The van der Waals surface area contributed by atoms with E-state index in [-0.39, 0.29) is 31.8 Å². The fraction of sp³-hybridized carbons (Fsp3) is 0.810. The van der Waals surface area contributed by atoms with Crippen LogP contribution in [0.5, 0.6) is 0 Å². The summed E-state index contributed by atoms with van der Waals surface area (Å²) in [4.78, 5) is 44.9. The number of amides is 1. The molecule has 0 aliphatic rings. The number of aliphatic carboxylic acids is 2. The van der Waals surface area contributed by atoms with Crippen LogP contribution in [-0.2, 0) is 19.2 Å². The van der Waals surface area contributed by atoms with Gasteiger partial charge < -0.3 is 19.9 Å². The number of carboxylic acids is 2. The summed E-state index contributed by atoms with van der Waals surface area (Å²) in [7, 11) is 0. The zero-order valence-electron chi connectivity index (χ0n) is 17.1. The van der Waals surface area contributed by atoms with Crippen molar-refractivity contribution >= 4 is 24.1 Å². The van der Waals surface area contributed by atoms with E-state index in [4.69, 9.17) is 10.2 Å². The maximum absolute atomic E-state index is 12.0. The first kappa shape index (κ1) is 26.1. The van der Waals surface area contributed by atoms with Crippen molar-refractivity contribution in [2.45, 2.75) is 96.3 Å². The van der Waals surface area contributed by atoms with E-state index in [0.717, 1.165) is 44.9 Å². The van der Waals surface area contributed by atoms with Crippen LogP contribution in [0.25, 0.3) is 0 Å². The third kappa shape index (κ3) is 17.5. The predicted molar refractivity (Wildman–Crippen MR) is 107 cm³/mol. The van der Waals surface area contributed by atoms with Crippen molar-refractivity contribution < 1.29 is 29.4 Å². The van der Waals surface area contributed by atoms with Crippen LogP contribution in [0.4, 0.5) is 0 Å². The summed E-state index contributed by atoms with van der Waals surface area (Å²) in [5.41, 5.74) is 0. The highest BCUT2D eigenvalue weighted by atomic mass is 16.4. The second-order valence-electron chi connectivity index (χ2n) is 7.30. The van der Waals surface area contributed by atoms with E-state index < -0.39 is 11.9 Å². The Bertz CT molecular complexity index is 452. The van der Waals surface area contributed by atoms with Crippen LogP contribution < -0.4 is 0 Å². The van der Waals surface area contributed by atoms with Crippen LogP contribution in [0, 0.1) is 0 Å². The van der Waals surface area contributed by atoms with Crippen molar-refractivity contribution in [3.05, 3.63) is 0 Å². The standard InChI is InChI=1S/C21H37NO6/c23-17-13-16-22(18-21(27)28)19(24)14-11-9-7-5-3-1-2-4-6-8-10-12-15-20(25)26/h17H,1-16,18H2,(H,25,26)(H,27,28). The lowest BCUT2D eigenvalue weighted by molar-refractivity contribution is -0.144. The lowest BCUT2D eigenvalue weighted by Gasteiger charge is -2.19. The molecule has 0 atom stereocenters. The number of hydrogen-bond acceptors (Lipinski definition) is 4. The van der Waals surface area contributed by atoms with Gasteiger partial charge in [0, 0.05) is 25.8 Å². The van der Waals surface area contributed by atoms with Crippen LogP contribution in [0.3, 0.4) is 0 Å². The van der Waals surface area contributed by atoms with E-state index in [0.29, 0.717) is 12.7 Å². The van der Waals surface area contributed by atoms with Crippen LogP contribution in [0.15, 0.2) is 0 Å². The summed E-state index contributed by atoms with van der Waals surface area (Å²) < 4.78 is 0. The van der Waals surface area contributed by atoms with E-state index in [1.54, 1.807) is 0 Å². The Hall–Kier alpha value is -1.92. The molecule has 2 N–H and O–H groups in total.